The first-order valence-electron chi connectivity index (χ1n) is 21.3. The average molecular weight is 897 g/mol. The van der Waals surface area contributed by atoms with Gasteiger partial charge in [-0.2, -0.15) is 0 Å². The second-order valence-electron chi connectivity index (χ2n) is 16.2. The second-order valence-corrected chi connectivity index (χ2v) is 17.7. The number of H-pyrrole nitrogens is 1. The lowest BCUT2D eigenvalue weighted by atomic mass is 9.85. The van der Waals surface area contributed by atoms with Gasteiger partial charge in [0.05, 0.1) is 35.4 Å². The van der Waals surface area contributed by atoms with Crippen molar-refractivity contribution in [2.75, 3.05) is 26.2 Å². The van der Waals surface area contributed by atoms with E-state index in [1.807, 2.05) is 42.5 Å². The third-order valence-corrected chi connectivity index (χ3v) is 13.2. The van der Waals surface area contributed by atoms with Gasteiger partial charge in [-0.15, -0.1) is 11.3 Å². The van der Waals surface area contributed by atoms with Gasteiger partial charge in [-0.3, -0.25) is 14.5 Å². The summed E-state index contributed by atoms with van der Waals surface area (Å²) in [6.45, 7) is 3.76. The number of thiophene rings is 1. The van der Waals surface area contributed by atoms with Crippen LogP contribution in [0.25, 0.3) is 21.3 Å². The zero-order valence-corrected chi connectivity index (χ0v) is 36.6. The first kappa shape index (κ1) is 44.5. The molecule has 5 aromatic carbocycles. The third kappa shape index (κ3) is 10.3. The molecule has 2 atom stereocenters. The monoisotopic (exact) mass is 896 g/mol. The molecule has 6 N–H and O–H groups in total. The van der Waals surface area contributed by atoms with Crippen LogP contribution in [-0.2, 0) is 34.8 Å². The van der Waals surface area contributed by atoms with Crippen LogP contribution in [0, 0.1) is 5.92 Å². The number of phenols is 1. The van der Waals surface area contributed by atoms with Gasteiger partial charge < -0.3 is 35.7 Å². The molecule has 1 saturated heterocycles. The lowest BCUT2D eigenvalue weighted by Gasteiger charge is -2.33. The Hall–Kier alpha value is -6.12. The van der Waals surface area contributed by atoms with Crippen LogP contribution in [0.15, 0.2) is 144 Å². The molecule has 8 rings (SSSR count). The predicted molar refractivity (Wildman–Crippen MR) is 250 cm³/mol. The average Bonchev–Trinajstić information content (AvgIpc) is 3.80. The molecule has 1 unspecified atom stereocenters. The molecule has 13 heteroatoms. The number of likely N-dealkylation sites (tertiary alicyclic amines) is 1. The molecule has 1 aliphatic rings. The van der Waals surface area contributed by atoms with Crippen molar-refractivity contribution in [1.29, 1.82) is 0 Å². The number of phenolic OH excluding ortho intramolecular Hbond substituents is 1. The molecule has 0 radical (unpaired) electrons. The number of carbonyl (C=O) groups excluding carboxylic acids is 2. The number of amides is 1. The number of hydrogen-bond acceptors (Lipinski definition) is 10. The van der Waals surface area contributed by atoms with E-state index in [0.29, 0.717) is 34.2 Å². The lowest BCUT2D eigenvalue weighted by Crippen LogP contribution is -2.40. The minimum Gasteiger partial charge on any atom is -0.506 e. The highest BCUT2D eigenvalue weighted by atomic mass is 35.5. The number of esters is 1. The number of ether oxygens (including phenoxy) is 1. The number of nitrogens with one attached hydrogen (secondary N) is 3. The van der Waals surface area contributed by atoms with Gasteiger partial charge in [0.15, 0.2) is 0 Å². The molecule has 1 fully saturated rings. The maximum atomic E-state index is 14.0. The molecule has 7 aromatic rings. The van der Waals surface area contributed by atoms with Crippen LogP contribution in [0.1, 0.15) is 62.0 Å². The number of pyridine rings is 1. The van der Waals surface area contributed by atoms with Crippen molar-refractivity contribution < 1.29 is 29.6 Å². The molecule has 0 bridgehead atoms. The molecule has 1 aliphatic heterocycles. The highest BCUT2D eigenvalue weighted by molar-refractivity contribution is 7.15. The number of carbonyl (C=O) groups is 2. The number of aromatic amines is 1. The standard InChI is InChI=1S/C51H49ClN4O7S/c52-43-26-35(28-53-30-45(58)40-17-19-44(57)48-41(40)18-21-47(59)55-48)14-16-42(43)49(60)54-29-39-15-20-46(64-39)36-10-7-13-38(27-36)51(62,37-11-5-2-6-12-37)50(61)63-32-34-22-24-56(25-23-34)31-33-8-3-1-4-9-33/h1-21,26-27,34,45,53,57-58,62H,22-25,28-32H2,(H,54,60)(H,55,59)/t45-,51?/m0/s1. The van der Waals surface area contributed by atoms with Crippen LogP contribution in [0.4, 0.5) is 0 Å². The Morgan fingerprint density at radius 2 is 1.59 bits per heavy atom. The van der Waals surface area contributed by atoms with Crippen molar-refractivity contribution in [3.8, 4) is 16.2 Å². The number of aliphatic hydroxyl groups excluding tert-OH is 1. The van der Waals surface area contributed by atoms with Crippen molar-refractivity contribution >= 4 is 45.7 Å². The van der Waals surface area contributed by atoms with Gasteiger partial charge in [-0.05, 0) is 102 Å². The lowest BCUT2D eigenvalue weighted by molar-refractivity contribution is -0.164. The molecule has 1 amide bonds. The number of aromatic hydroxyl groups is 1. The number of benzene rings is 5. The van der Waals surface area contributed by atoms with Gasteiger partial charge in [0.2, 0.25) is 11.2 Å². The maximum Gasteiger partial charge on any atom is 0.347 e. The minimum absolute atomic E-state index is 0.0795. The van der Waals surface area contributed by atoms with Gasteiger partial charge >= 0.3 is 5.97 Å². The normalized spacial score (nSPS) is 14.8. The Kier molecular flexibility index (Phi) is 14.0. The molecule has 0 spiro atoms. The molecule has 0 saturated carbocycles. The van der Waals surface area contributed by atoms with E-state index in [1.165, 1.54) is 29.0 Å². The largest absolute Gasteiger partial charge is 0.506 e. The van der Waals surface area contributed by atoms with Crippen molar-refractivity contribution in [3.63, 3.8) is 0 Å². The van der Waals surface area contributed by atoms with Gasteiger partial charge in [-0.25, -0.2) is 4.79 Å². The number of fused-ring (bicyclic) bond motifs is 1. The molecule has 11 nitrogen and oxygen atoms in total. The van der Waals surface area contributed by atoms with Crippen LogP contribution in [0.3, 0.4) is 0 Å². The Morgan fingerprint density at radius 1 is 0.844 bits per heavy atom. The summed E-state index contributed by atoms with van der Waals surface area (Å²) < 4.78 is 5.94. The quantitative estimate of drug-likeness (QED) is 0.0527. The highest BCUT2D eigenvalue weighted by Gasteiger charge is 2.42. The highest BCUT2D eigenvalue weighted by Crippen LogP contribution is 2.36. The SMILES string of the molecule is O=C(NCc1ccc(-c2cccc(C(O)(C(=O)OCC3CCN(Cc4ccccc4)CC3)c3ccccc3)c2)s1)c1ccc(CNC[C@H](O)c2ccc(O)c3[nH]c(=O)ccc23)cc1Cl. The predicted octanol–water partition coefficient (Wildman–Crippen LogP) is 8.06. The first-order chi connectivity index (χ1) is 31.0. The topological polar surface area (TPSA) is 164 Å². The summed E-state index contributed by atoms with van der Waals surface area (Å²) in [6.07, 6.45) is 0.882. The van der Waals surface area contributed by atoms with Gasteiger partial charge in [0, 0.05) is 46.4 Å². The number of aromatic nitrogens is 1. The molecular weight excluding hydrogens is 848 g/mol. The van der Waals surface area contributed by atoms with Crippen LogP contribution in [0.5, 0.6) is 5.75 Å². The summed E-state index contributed by atoms with van der Waals surface area (Å²) in [6, 6.07) is 41.6. The first-order valence-corrected chi connectivity index (χ1v) is 22.5. The Bertz CT molecular complexity index is 2790. The zero-order chi connectivity index (χ0) is 44.6. The number of halogens is 1. The Morgan fingerprint density at radius 3 is 2.36 bits per heavy atom. The summed E-state index contributed by atoms with van der Waals surface area (Å²) in [5, 5.41) is 40.4. The van der Waals surface area contributed by atoms with Crippen molar-refractivity contribution in [1.82, 2.24) is 20.5 Å². The van der Waals surface area contributed by atoms with Crippen molar-refractivity contribution in [3.05, 3.63) is 193 Å². The summed E-state index contributed by atoms with van der Waals surface area (Å²) in [7, 11) is 0. The van der Waals surface area contributed by atoms with Crippen molar-refractivity contribution in [2.24, 2.45) is 5.92 Å². The van der Waals surface area contributed by atoms with E-state index in [1.54, 1.807) is 60.7 Å². The van der Waals surface area contributed by atoms with E-state index >= 15 is 0 Å². The molecule has 0 aliphatic carbocycles. The fourth-order valence-electron chi connectivity index (χ4n) is 8.19. The number of aliphatic hydroxyl groups is 2. The minimum atomic E-state index is -2.03. The van der Waals surface area contributed by atoms with Gasteiger partial charge in [-0.1, -0.05) is 103 Å². The summed E-state index contributed by atoms with van der Waals surface area (Å²) in [4.78, 5) is 45.8. The fourth-order valence-corrected chi connectivity index (χ4v) is 9.42. The summed E-state index contributed by atoms with van der Waals surface area (Å²) >= 11 is 8.07. The molecular formula is C51H49ClN4O7S. The van der Waals surface area contributed by atoms with E-state index in [2.05, 4.69) is 44.8 Å². The molecule has 2 aromatic heterocycles. The van der Waals surface area contributed by atoms with E-state index in [0.717, 1.165) is 53.4 Å². The zero-order valence-electron chi connectivity index (χ0n) is 35.0. The van der Waals surface area contributed by atoms with E-state index in [9.17, 15) is 29.7 Å². The third-order valence-electron chi connectivity index (χ3n) is 11.8. The van der Waals surface area contributed by atoms with Crippen LogP contribution in [-0.4, -0.2) is 63.3 Å². The number of nitrogens with zero attached hydrogens (tertiary/aromatic N) is 1. The van der Waals surface area contributed by atoms with Crippen LogP contribution < -0.4 is 16.2 Å². The van der Waals surface area contributed by atoms with E-state index < -0.39 is 17.7 Å². The maximum absolute atomic E-state index is 14.0. The molecule has 64 heavy (non-hydrogen) atoms. The second kappa shape index (κ2) is 20.2. The van der Waals surface area contributed by atoms with Gasteiger partial charge in [0.25, 0.3) is 5.91 Å². The van der Waals surface area contributed by atoms with Crippen molar-refractivity contribution in [2.45, 2.75) is 44.2 Å². The van der Waals surface area contributed by atoms with E-state index in [-0.39, 0.29) is 53.4 Å². The summed E-state index contributed by atoms with van der Waals surface area (Å²) in [5.74, 6) is -0.921. The van der Waals surface area contributed by atoms with E-state index in [4.69, 9.17) is 16.3 Å². The number of piperidine rings is 1. The number of rotatable bonds is 16. The summed E-state index contributed by atoms with van der Waals surface area (Å²) in [5.41, 5.74) is 2.47. The van der Waals surface area contributed by atoms with Crippen LogP contribution in [0.2, 0.25) is 5.02 Å². The molecule has 328 valence electrons. The smallest absolute Gasteiger partial charge is 0.347 e. The Labute approximate surface area is 380 Å². The molecule has 3 heterocycles. The Balaban J connectivity index is 0.862. The fraction of sp³-hybridized carbons (Fsp3) is 0.235. The van der Waals surface area contributed by atoms with Crippen LogP contribution >= 0.6 is 22.9 Å². The van der Waals surface area contributed by atoms with Gasteiger partial charge in [0.1, 0.15) is 5.75 Å². The number of hydrogen-bond donors (Lipinski definition) is 6.